The second-order valence-electron chi connectivity index (χ2n) is 8.49. The molecule has 1 aliphatic rings. The van der Waals surface area contributed by atoms with Crippen LogP contribution in [0.25, 0.3) is 0 Å². The average molecular weight is 591 g/mol. The summed E-state index contributed by atoms with van der Waals surface area (Å²) >= 11 is 1.16. The van der Waals surface area contributed by atoms with Gasteiger partial charge in [-0.1, -0.05) is 23.9 Å². The number of hydrogen-bond donors (Lipinski definition) is 0. The Morgan fingerprint density at radius 2 is 1.50 bits per heavy atom. The molecular weight excluding hydrogens is 568 g/mol. The molecule has 14 heteroatoms. The number of carbonyl (C=O) groups is 1. The standard InChI is InChI=1S/C28H22N4O9S/c1-39-22-11-3-18(4-12-22)17-42-27-29-24(15-16-33)26(40-2)25(19-5-7-20(8-6-19)31(35)36)30(27)28(34)41-23-13-9-21(10-14-23)32(37)38/h3-15,25H,17H2,1-2H3. The summed E-state index contributed by atoms with van der Waals surface area (Å²) in [4.78, 5) is 52.0. The average Bonchev–Trinajstić information content (AvgIpc) is 3.00. The fraction of sp³-hybridized carbons (Fsp3) is 0.143. The Balaban J connectivity index is 1.78. The van der Waals surface area contributed by atoms with Gasteiger partial charge in [0, 0.05) is 30.0 Å². The number of aliphatic imine (C=N–C) groups is 1. The molecule has 3 aromatic carbocycles. The Morgan fingerprint density at radius 1 is 0.929 bits per heavy atom. The highest BCUT2D eigenvalue weighted by molar-refractivity contribution is 8.13. The zero-order valence-corrected chi connectivity index (χ0v) is 23.0. The van der Waals surface area contributed by atoms with Crippen molar-refractivity contribution >= 4 is 40.3 Å². The summed E-state index contributed by atoms with van der Waals surface area (Å²) in [5.74, 6) is 2.80. The fourth-order valence-electron chi connectivity index (χ4n) is 3.97. The van der Waals surface area contributed by atoms with E-state index in [0.717, 1.165) is 23.4 Å². The van der Waals surface area contributed by atoms with Crippen LogP contribution in [0.1, 0.15) is 17.2 Å². The van der Waals surface area contributed by atoms with Crippen LogP contribution in [0.5, 0.6) is 11.5 Å². The predicted octanol–water partition coefficient (Wildman–Crippen LogP) is 5.60. The molecule has 13 nitrogen and oxygen atoms in total. The van der Waals surface area contributed by atoms with Crippen molar-refractivity contribution in [3.8, 4) is 11.5 Å². The van der Waals surface area contributed by atoms with Gasteiger partial charge in [0.25, 0.3) is 11.4 Å². The first kappa shape index (κ1) is 29.5. The summed E-state index contributed by atoms with van der Waals surface area (Å²) in [6.45, 7) is 0. The third-order valence-corrected chi connectivity index (χ3v) is 7.02. The van der Waals surface area contributed by atoms with E-state index in [1.54, 1.807) is 25.2 Å². The second kappa shape index (κ2) is 13.3. The molecule has 1 aliphatic heterocycles. The van der Waals surface area contributed by atoms with Gasteiger partial charge in [0.1, 0.15) is 34.9 Å². The van der Waals surface area contributed by atoms with Crippen molar-refractivity contribution in [1.82, 2.24) is 4.90 Å². The summed E-state index contributed by atoms with van der Waals surface area (Å²) < 4.78 is 16.4. The first-order valence-electron chi connectivity index (χ1n) is 12.1. The molecule has 1 amide bonds. The number of methoxy groups -OCH3 is 2. The quantitative estimate of drug-likeness (QED) is 0.174. The summed E-state index contributed by atoms with van der Waals surface area (Å²) in [6, 6.07) is 16.5. The number of amides is 1. The molecule has 0 spiro atoms. The molecule has 1 atom stereocenters. The highest BCUT2D eigenvalue weighted by Crippen LogP contribution is 2.40. The molecule has 0 N–H and O–H groups in total. The maximum Gasteiger partial charge on any atom is 0.422 e. The van der Waals surface area contributed by atoms with Crippen LogP contribution in [0.4, 0.5) is 16.2 Å². The minimum atomic E-state index is -1.06. The first-order valence-corrected chi connectivity index (χ1v) is 13.1. The van der Waals surface area contributed by atoms with Gasteiger partial charge in [-0.15, -0.1) is 0 Å². The van der Waals surface area contributed by atoms with Crippen LogP contribution in [0, 0.1) is 20.2 Å². The number of ether oxygens (including phenoxy) is 3. The van der Waals surface area contributed by atoms with E-state index in [-0.39, 0.29) is 33.7 Å². The monoisotopic (exact) mass is 590 g/mol. The zero-order chi connectivity index (χ0) is 30.2. The Bertz CT molecular complexity index is 1600. The van der Waals surface area contributed by atoms with Gasteiger partial charge in [-0.25, -0.2) is 19.5 Å². The van der Waals surface area contributed by atoms with E-state index in [4.69, 9.17) is 14.2 Å². The van der Waals surface area contributed by atoms with Crippen LogP contribution in [0.2, 0.25) is 0 Å². The summed E-state index contributed by atoms with van der Waals surface area (Å²) in [5.41, 5.74) is 0.991. The molecule has 1 heterocycles. The molecular formula is C28H22N4O9S. The van der Waals surface area contributed by atoms with Crippen molar-refractivity contribution in [1.29, 1.82) is 0 Å². The molecule has 1 unspecified atom stereocenters. The molecule has 4 rings (SSSR count). The Hall–Kier alpha value is -5.46. The van der Waals surface area contributed by atoms with E-state index in [1.165, 1.54) is 60.5 Å². The van der Waals surface area contributed by atoms with Crippen molar-refractivity contribution < 1.29 is 33.6 Å². The van der Waals surface area contributed by atoms with Crippen molar-refractivity contribution in [2.75, 3.05) is 14.2 Å². The maximum atomic E-state index is 13.8. The molecule has 0 aliphatic carbocycles. The number of nitro groups is 2. The molecule has 214 valence electrons. The first-order chi connectivity index (χ1) is 20.2. The van der Waals surface area contributed by atoms with E-state index in [0.29, 0.717) is 17.1 Å². The lowest BCUT2D eigenvalue weighted by Crippen LogP contribution is -2.43. The molecule has 3 aromatic rings. The summed E-state index contributed by atoms with van der Waals surface area (Å²) in [7, 11) is 2.88. The van der Waals surface area contributed by atoms with E-state index < -0.39 is 22.0 Å². The van der Waals surface area contributed by atoms with Crippen LogP contribution < -0.4 is 9.47 Å². The number of amidine groups is 1. The molecule has 0 radical (unpaired) electrons. The lowest BCUT2D eigenvalue weighted by atomic mass is 10.0. The number of carbonyl (C=O) groups excluding carboxylic acids is 2. The topological polar surface area (TPSA) is 164 Å². The SMILES string of the molecule is COC1=C(C=C=O)N=C(SCc2ccc(OC)cc2)N(C(=O)Oc2ccc([N+](=O)[O-])cc2)C1c1ccc([N+](=O)[O-])cc1. The molecule has 0 bridgehead atoms. The number of hydrogen-bond acceptors (Lipinski definition) is 11. The minimum Gasteiger partial charge on any atom is -0.497 e. The smallest absolute Gasteiger partial charge is 0.422 e. The highest BCUT2D eigenvalue weighted by atomic mass is 32.2. The van der Waals surface area contributed by atoms with Gasteiger partial charge < -0.3 is 14.2 Å². The number of allylic oxidation sites excluding steroid dienone is 1. The number of non-ortho nitro benzene ring substituents is 2. The van der Waals surface area contributed by atoms with Gasteiger partial charge in [-0.2, -0.15) is 0 Å². The molecule has 0 fully saturated rings. The van der Waals surface area contributed by atoms with Crippen molar-refractivity contribution in [3.63, 3.8) is 0 Å². The van der Waals surface area contributed by atoms with Gasteiger partial charge in [0.15, 0.2) is 5.17 Å². The van der Waals surface area contributed by atoms with Crippen LogP contribution in [0.3, 0.4) is 0 Å². The zero-order valence-electron chi connectivity index (χ0n) is 22.2. The summed E-state index contributed by atoms with van der Waals surface area (Å²) in [6.07, 6.45) is 0.140. The van der Waals surface area contributed by atoms with Gasteiger partial charge in [-0.05, 0) is 47.5 Å². The van der Waals surface area contributed by atoms with Crippen molar-refractivity contribution in [2.24, 2.45) is 4.99 Å². The molecule has 0 saturated carbocycles. The van der Waals surface area contributed by atoms with Gasteiger partial charge in [0.2, 0.25) is 0 Å². The number of nitro benzene ring substituents is 2. The Kier molecular flexibility index (Phi) is 9.32. The van der Waals surface area contributed by atoms with Gasteiger partial charge >= 0.3 is 6.09 Å². The van der Waals surface area contributed by atoms with Crippen LogP contribution in [-0.2, 0) is 15.3 Å². The third kappa shape index (κ3) is 6.63. The largest absolute Gasteiger partial charge is 0.497 e. The fourth-order valence-corrected chi connectivity index (χ4v) is 4.94. The second-order valence-corrected chi connectivity index (χ2v) is 9.43. The predicted molar refractivity (Wildman–Crippen MR) is 153 cm³/mol. The lowest BCUT2D eigenvalue weighted by molar-refractivity contribution is -0.385. The van der Waals surface area contributed by atoms with Crippen LogP contribution in [0.15, 0.2) is 95.3 Å². The Labute approximate surface area is 243 Å². The number of rotatable bonds is 9. The number of benzene rings is 3. The summed E-state index contributed by atoms with van der Waals surface area (Å²) in [5, 5.41) is 22.4. The van der Waals surface area contributed by atoms with E-state index in [9.17, 15) is 29.8 Å². The Morgan fingerprint density at radius 3 is 2.02 bits per heavy atom. The van der Waals surface area contributed by atoms with Crippen molar-refractivity contribution in [3.05, 3.63) is 122 Å². The van der Waals surface area contributed by atoms with E-state index in [2.05, 4.69) is 4.99 Å². The molecule has 42 heavy (non-hydrogen) atoms. The normalized spacial score (nSPS) is 14.4. The highest BCUT2D eigenvalue weighted by Gasteiger charge is 2.40. The van der Waals surface area contributed by atoms with Gasteiger partial charge in [-0.3, -0.25) is 20.2 Å². The number of thioether (sulfide) groups is 1. The van der Waals surface area contributed by atoms with E-state index >= 15 is 0 Å². The minimum absolute atomic E-state index is 0.0223. The third-order valence-electron chi connectivity index (χ3n) is 5.99. The van der Waals surface area contributed by atoms with Crippen LogP contribution >= 0.6 is 11.8 Å². The van der Waals surface area contributed by atoms with Gasteiger partial charge in [0.05, 0.1) is 30.1 Å². The number of nitrogens with zero attached hydrogens (tertiary/aromatic N) is 4. The lowest BCUT2D eigenvalue weighted by Gasteiger charge is -2.35. The molecule has 0 aromatic heterocycles. The van der Waals surface area contributed by atoms with E-state index in [1.807, 2.05) is 12.1 Å². The molecule has 0 saturated heterocycles. The maximum absolute atomic E-state index is 13.8. The van der Waals surface area contributed by atoms with Crippen LogP contribution in [-0.4, -0.2) is 46.2 Å². The van der Waals surface area contributed by atoms with Crippen molar-refractivity contribution in [2.45, 2.75) is 11.8 Å².